The van der Waals surface area contributed by atoms with Crippen molar-refractivity contribution in [3.05, 3.63) is 70.2 Å². The standard InChI is InChI=1S/C19H22ClN/c1-21-19(13-17-5-2-3-8-18(17)20)16-11-9-15(10-12-16)14-6-4-7-14/h2-3,5,8-12,14,19,21H,4,6-7,13H2,1H3. The molecule has 2 aromatic carbocycles. The minimum absolute atomic E-state index is 0.306. The van der Waals surface area contributed by atoms with E-state index < -0.39 is 0 Å². The molecule has 0 aliphatic heterocycles. The first kappa shape index (κ1) is 14.6. The average molecular weight is 300 g/mol. The summed E-state index contributed by atoms with van der Waals surface area (Å²) in [6, 6.07) is 17.5. The summed E-state index contributed by atoms with van der Waals surface area (Å²) in [6.45, 7) is 0. The van der Waals surface area contributed by atoms with Crippen molar-refractivity contribution < 1.29 is 0 Å². The van der Waals surface area contributed by atoms with Crippen molar-refractivity contribution in [1.82, 2.24) is 5.32 Å². The topological polar surface area (TPSA) is 12.0 Å². The molecule has 21 heavy (non-hydrogen) atoms. The minimum Gasteiger partial charge on any atom is -0.313 e. The second kappa shape index (κ2) is 6.64. The second-order valence-corrected chi connectivity index (χ2v) is 6.34. The van der Waals surface area contributed by atoms with Gasteiger partial charge < -0.3 is 5.32 Å². The van der Waals surface area contributed by atoms with Gasteiger partial charge in [-0.1, -0.05) is 60.5 Å². The zero-order valence-corrected chi connectivity index (χ0v) is 13.2. The summed E-state index contributed by atoms with van der Waals surface area (Å²) < 4.78 is 0. The van der Waals surface area contributed by atoms with Crippen LogP contribution in [0.2, 0.25) is 5.02 Å². The monoisotopic (exact) mass is 299 g/mol. The van der Waals surface area contributed by atoms with Crippen LogP contribution in [0.3, 0.4) is 0 Å². The van der Waals surface area contributed by atoms with Crippen molar-refractivity contribution in [2.45, 2.75) is 37.6 Å². The first-order valence-electron chi connectivity index (χ1n) is 7.78. The highest BCUT2D eigenvalue weighted by atomic mass is 35.5. The highest BCUT2D eigenvalue weighted by Crippen LogP contribution is 2.36. The summed E-state index contributed by atoms with van der Waals surface area (Å²) in [7, 11) is 2.02. The largest absolute Gasteiger partial charge is 0.313 e. The molecule has 1 unspecified atom stereocenters. The lowest BCUT2D eigenvalue weighted by Gasteiger charge is -2.26. The summed E-state index contributed by atoms with van der Waals surface area (Å²) in [5, 5.41) is 4.26. The molecule has 110 valence electrons. The summed E-state index contributed by atoms with van der Waals surface area (Å²) in [5.74, 6) is 0.802. The van der Waals surface area contributed by atoms with Crippen LogP contribution in [-0.4, -0.2) is 7.05 Å². The molecule has 1 fully saturated rings. The van der Waals surface area contributed by atoms with Crippen LogP contribution in [0.15, 0.2) is 48.5 Å². The molecule has 1 nitrogen and oxygen atoms in total. The van der Waals surface area contributed by atoms with Crippen molar-refractivity contribution in [1.29, 1.82) is 0 Å². The molecule has 0 spiro atoms. The molecular weight excluding hydrogens is 278 g/mol. The number of nitrogens with one attached hydrogen (secondary N) is 1. The van der Waals surface area contributed by atoms with E-state index in [1.54, 1.807) is 0 Å². The number of rotatable bonds is 5. The Labute approximate surface area is 132 Å². The van der Waals surface area contributed by atoms with Gasteiger partial charge in [0, 0.05) is 11.1 Å². The van der Waals surface area contributed by atoms with Gasteiger partial charge in [0.25, 0.3) is 0 Å². The molecule has 3 rings (SSSR count). The lowest BCUT2D eigenvalue weighted by molar-refractivity contribution is 0.419. The van der Waals surface area contributed by atoms with Gasteiger partial charge in [-0.25, -0.2) is 0 Å². The van der Waals surface area contributed by atoms with E-state index in [1.807, 2.05) is 25.2 Å². The highest BCUT2D eigenvalue weighted by molar-refractivity contribution is 6.31. The lowest BCUT2D eigenvalue weighted by atomic mass is 9.79. The number of halogens is 1. The van der Waals surface area contributed by atoms with Crippen LogP contribution >= 0.6 is 11.6 Å². The van der Waals surface area contributed by atoms with E-state index >= 15 is 0 Å². The molecule has 1 aliphatic carbocycles. The number of benzene rings is 2. The SMILES string of the molecule is CNC(Cc1ccccc1Cl)c1ccc(C2CCC2)cc1. The maximum atomic E-state index is 6.28. The van der Waals surface area contributed by atoms with Crippen molar-refractivity contribution in [2.75, 3.05) is 7.05 Å². The van der Waals surface area contributed by atoms with Gasteiger partial charge in [0.15, 0.2) is 0 Å². The molecule has 0 saturated heterocycles. The van der Waals surface area contributed by atoms with E-state index in [0.29, 0.717) is 6.04 Å². The summed E-state index contributed by atoms with van der Waals surface area (Å²) in [6.07, 6.45) is 5.01. The van der Waals surface area contributed by atoms with Gasteiger partial charge in [0.1, 0.15) is 0 Å². The average Bonchev–Trinajstić information content (AvgIpc) is 2.46. The molecular formula is C19H22ClN. The van der Waals surface area contributed by atoms with Gasteiger partial charge in [0.2, 0.25) is 0 Å². The third-order valence-corrected chi connectivity index (χ3v) is 5.01. The molecule has 0 aromatic heterocycles. The van der Waals surface area contributed by atoms with Crippen LogP contribution in [0.4, 0.5) is 0 Å². The normalized spacial score (nSPS) is 16.5. The van der Waals surface area contributed by atoms with Gasteiger partial charge in [-0.3, -0.25) is 0 Å². The minimum atomic E-state index is 0.306. The van der Waals surface area contributed by atoms with Crippen LogP contribution in [0.25, 0.3) is 0 Å². The maximum Gasteiger partial charge on any atom is 0.0438 e. The Kier molecular flexibility index (Phi) is 4.62. The van der Waals surface area contributed by atoms with E-state index in [1.165, 1.54) is 36.0 Å². The first-order valence-corrected chi connectivity index (χ1v) is 8.16. The Morgan fingerprint density at radius 3 is 2.38 bits per heavy atom. The Hall–Kier alpha value is -1.31. The number of hydrogen-bond acceptors (Lipinski definition) is 1. The van der Waals surface area contributed by atoms with Crippen molar-refractivity contribution >= 4 is 11.6 Å². The van der Waals surface area contributed by atoms with E-state index in [2.05, 4.69) is 35.6 Å². The zero-order valence-electron chi connectivity index (χ0n) is 12.5. The molecule has 1 aliphatic rings. The van der Waals surface area contributed by atoms with Crippen molar-refractivity contribution in [3.63, 3.8) is 0 Å². The van der Waals surface area contributed by atoms with Crippen LogP contribution < -0.4 is 5.32 Å². The quantitative estimate of drug-likeness (QED) is 0.809. The van der Waals surface area contributed by atoms with E-state index in [4.69, 9.17) is 11.6 Å². The van der Waals surface area contributed by atoms with Gasteiger partial charge in [0.05, 0.1) is 0 Å². The van der Waals surface area contributed by atoms with Gasteiger partial charge in [-0.2, -0.15) is 0 Å². The third kappa shape index (κ3) is 3.30. The second-order valence-electron chi connectivity index (χ2n) is 5.93. The summed E-state index contributed by atoms with van der Waals surface area (Å²) >= 11 is 6.28. The van der Waals surface area contributed by atoms with E-state index in [9.17, 15) is 0 Å². The Balaban J connectivity index is 1.75. The van der Waals surface area contributed by atoms with Gasteiger partial charge in [-0.15, -0.1) is 0 Å². The van der Waals surface area contributed by atoms with Crippen molar-refractivity contribution in [2.24, 2.45) is 0 Å². The molecule has 1 atom stereocenters. The predicted octanol–water partition coefficient (Wildman–Crippen LogP) is 5.11. The fourth-order valence-electron chi connectivity index (χ4n) is 3.01. The third-order valence-electron chi connectivity index (χ3n) is 4.65. The predicted molar refractivity (Wildman–Crippen MR) is 90.0 cm³/mol. The fourth-order valence-corrected chi connectivity index (χ4v) is 3.23. The molecule has 0 radical (unpaired) electrons. The summed E-state index contributed by atoms with van der Waals surface area (Å²) in [4.78, 5) is 0. The Morgan fingerprint density at radius 1 is 1.10 bits per heavy atom. The van der Waals surface area contributed by atoms with Crippen molar-refractivity contribution in [3.8, 4) is 0 Å². The van der Waals surface area contributed by atoms with Crippen LogP contribution in [0, 0.1) is 0 Å². The van der Waals surface area contributed by atoms with E-state index in [0.717, 1.165) is 17.4 Å². The molecule has 0 amide bonds. The van der Waals surface area contributed by atoms with Crippen LogP contribution in [0.5, 0.6) is 0 Å². The maximum absolute atomic E-state index is 6.28. The highest BCUT2D eigenvalue weighted by Gasteiger charge is 2.19. The Morgan fingerprint density at radius 2 is 1.81 bits per heavy atom. The Bertz CT molecular complexity index is 587. The molecule has 1 N–H and O–H groups in total. The van der Waals surface area contributed by atoms with Crippen LogP contribution in [-0.2, 0) is 6.42 Å². The molecule has 0 heterocycles. The first-order chi connectivity index (χ1) is 10.3. The fraction of sp³-hybridized carbons (Fsp3) is 0.368. The molecule has 1 saturated carbocycles. The smallest absolute Gasteiger partial charge is 0.0438 e. The molecule has 2 aromatic rings. The van der Waals surface area contributed by atoms with Gasteiger partial charge >= 0.3 is 0 Å². The summed E-state index contributed by atoms with van der Waals surface area (Å²) in [5.41, 5.74) is 4.03. The number of hydrogen-bond donors (Lipinski definition) is 1. The van der Waals surface area contributed by atoms with Gasteiger partial charge in [-0.05, 0) is 55.0 Å². The van der Waals surface area contributed by atoms with Crippen LogP contribution in [0.1, 0.15) is 47.9 Å². The number of likely N-dealkylation sites (N-methyl/N-ethyl adjacent to an activating group) is 1. The zero-order chi connectivity index (χ0) is 14.7. The lowest BCUT2D eigenvalue weighted by Crippen LogP contribution is -2.19. The van der Waals surface area contributed by atoms with E-state index in [-0.39, 0.29) is 0 Å². The molecule has 2 heteroatoms. The molecule has 0 bridgehead atoms.